The van der Waals surface area contributed by atoms with Crippen LogP contribution in [0, 0.1) is 0 Å². The number of aromatic amines is 1. The second-order valence-electron chi connectivity index (χ2n) is 6.28. The molecule has 1 N–H and O–H groups in total. The second-order valence-corrected chi connectivity index (χ2v) is 6.71. The lowest BCUT2D eigenvalue weighted by Crippen LogP contribution is -2.24. The topological polar surface area (TPSA) is 89.4 Å². The minimum absolute atomic E-state index is 0.208. The minimum Gasteiger partial charge on any atom is -0.449 e. The second kappa shape index (κ2) is 6.98. The van der Waals surface area contributed by atoms with Gasteiger partial charge in [0, 0.05) is 33.8 Å². The van der Waals surface area contributed by atoms with Crippen LogP contribution in [0.2, 0.25) is 5.02 Å². The summed E-state index contributed by atoms with van der Waals surface area (Å²) in [6.07, 6.45) is 0.523. The first-order chi connectivity index (χ1) is 13.4. The smallest absolute Gasteiger partial charge is 0.375 e. The third kappa shape index (κ3) is 3.18. The van der Waals surface area contributed by atoms with Crippen LogP contribution in [0.5, 0.6) is 0 Å². The number of nitrogens with one attached hydrogen (secondary N) is 1. The van der Waals surface area contributed by atoms with Gasteiger partial charge in [-0.25, -0.2) is 4.79 Å². The van der Waals surface area contributed by atoms with E-state index < -0.39 is 17.5 Å². The number of rotatable bonds is 4. The van der Waals surface area contributed by atoms with Crippen LogP contribution >= 0.6 is 11.6 Å². The molecule has 4 aromatic rings. The normalized spacial score (nSPS) is 12.2. The third-order valence-electron chi connectivity index (χ3n) is 4.40. The summed E-state index contributed by atoms with van der Waals surface area (Å²) in [4.78, 5) is 40.3. The highest BCUT2D eigenvalue weighted by molar-refractivity contribution is 6.31. The maximum Gasteiger partial charge on any atom is 0.375 e. The number of H-pyrrole nitrogens is 1. The molecule has 0 aliphatic heterocycles. The molecule has 7 heteroatoms. The fourth-order valence-electron chi connectivity index (χ4n) is 3.00. The average Bonchev–Trinajstić information content (AvgIpc) is 3.11. The van der Waals surface area contributed by atoms with E-state index in [-0.39, 0.29) is 22.5 Å². The van der Waals surface area contributed by atoms with Crippen molar-refractivity contribution in [3.8, 4) is 0 Å². The maximum absolute atomic E-state index is 12.7. The first kappa shape index (κ1) is 18.0. The largest absolute Gasteiger partial charge is 0.449 e. The zero-order valence-electron chi connectivity index (χ0n) is 14.7. The summed E-state index contributed by atoms with van der Waals surface area (Å²) in [6, 6.07) is 12.9. The molecule has 6 nitrogen and oxygen atoms in total. The van der Waals surface area contributed by atoms with E-state index in [1.54, 1.807) is 18.3 Å². The van der Waals surface area contributed by atoms with Gasteiger partial charge >= 0.3 is 5.97 Å². The van der Waals surface area contributed by atoms with Gasteiger partial charge in [0.05, 0.1) is 5.39 Å². The first-order valence-electron chi connectivity index (χ1n) is 8.49. The van der Waals surface area contributed by atoms with Crippen LogP contribution in [0.1, 0.15) is 27.8 Å². The highest BCUT2D eigenvalue weighted by atomic mass is 35.5. The van der Waals surface area contributed by atoms with Crippen molar-refractivity contribution in [2.24, 2.45) is 0 Å². The average molecular weight is 396 g/mol. The van der Waals surface area contributed by atoms with E-state index in [4.69, 9.17) is 20.8 Å². The Morgan fingerprint density at radius 3 is 2.71 bits per heavy atom. The van der Waals surface area contributed by atoms with Gasteiger partial charge in [-0.1, -0.05) is 29.8 Å². The summed E-state index contributed by atoms with van der Waals surface area (Å²) in [6.45, 7) is 1.47. The molecule has 28 heavy (non-hydrogen) atoms. The van der Waals surface area contributed by atoms with E-state index in [9.17, 15) is 14.4 Å². The number of halogens is 1. The molecular weight excluding hydrogens is 382 g/mol. The molecule has 0 amide bonds. The van der Waals surface area contributed by atoms with Crippen molar-refractivity contribution in [2.45, 2.75) is 13.0 Å². The Balaban J connectivity index is 1.59. The summed E-state index contributed by atoms with van der Waals surface area (Å²) >= 11 is 5.87. The standard InChI is InChI=1S/C21H14ClNO5/c1-11(20(25)15-10-23-16-5-3-2-4-13(15)16)27-21(26)19-9-17(24)14-8-12(22)6-7-18(14)28-19/h2-11,23H,1H3/t11-/m0/s1. The monoisotopic (exact) mass is 395 g/mol. The molecular formula is C21H14ClNO5. The lowest BCUT2D eigenvalue weighted by molar-refractivity contribution is 0.0290. The van der Waals surface area contributed by atoms with Crippen molar-refractivity contribution in [1.29, 1.82) is 0 Å². The molecule has 4 rings (SSSR count). The number of ketones is 1. The molecule has 0 bridgehead atoms. The molecule has 1 atom stereocenters. The van der Waals surface area contributed by atoms with Gasteiger partial charge in [0.15, 0.2) is 11.5 Å². The van der Waals surface area contributed by atoms with Crippen LogP contribution in [-0.2, 0) is 4.74 Å². The Hall–Kier alpha value is -3.38. The molecule has 2 aromatic heterocycles. The van der Waals surface area contributed by atoms with E-state index in [0.29, 0.717) is 10.6 Å². The van der Waals surface area contributed by atoms with Crippen molar-refractivity contribution >= 4 is 45.2 Å². The Labute approximate surface area is 163 Å². The van der Waals surface area contributed by atoms with Crippen LogP contribution in [-0.4, -0.2) is 22.8 Å². The van der Waals surface area contributed by atoms with E-state index in [2.05, 4.69) is 4.98 Å². The van der Waals surface area contributed by atoms with E-state index in [1.165, 1.54) is 19.1 Å². The fourth-order valence-corrected chi connectivity index (χ4v) is 3.17. The summed E-state index contributed by atoms with van der Waals surface area (Å²) in [7, 11) is 0. The Bertz CT molecular complexity index is 1290. The summed E-state index contributed by atoms with van der Waals surface area (Å²) in [5.74, 6) is -1.53. The number of benzene rings is 2. The number of para-hydroxylation sites is 1. The highest BCUT2D eigenvalue weighted by Crippen LogP contribution is 2.21. The molecule has 0 aliphatic rings. The molecule has 2 heterocycles. The van der Waals surface area contributed by atoms with Gasteiger partial charge in [-0.3, -0.25) is 9.59 Å². The van der Waals surface area contributed by atoms with Crippen LogP contribution < -0.4 is 5.43 Å². The van der Waals surface area contributed by atoms with E-state index in [1.807, 2.05) is 18.2 Å². The van der Waals surface area contributed by atoms with Gasteiger partial charge in [-0.05, 0) is 31.2 Å². The zero-order valence-corrected chi connectivity index (χ0v) is 15.4. The van der Waals surface area contributed by atoms with Crippen LogP contribution in [0.4, 0.5) is 0 Å². The number of hydrogen-bond acceptors (Lipinski definition) is 5. The molecule has 0 saturated carbocycles. The molecule has 0 fully saturated rings. The summed E-state index contributed by atoms with van der Waals surface area (Å²) < 4.78 is 10.7. The summed E-state index contributed by atoms with van der Waals surface area (Å²) in [5, 5.41) is 1.38. The number of carbonyl (C=O) groups is 2. The number of aromatic nitrogens is 1. The van der Waals surface area contributed by atoms with Crippen molar-refractivity contribution in [3.63, 3.8) is 0 Å². The third-order valence-corrected chi connectivity index (χ3v) is 4.63. The van der Waals surface area contributed by atoms with Crippen LogP contribution in [0.3, 0.4) is 0 Å². The molecule has 0 spiro atoms. The molecule has 0 radical (unpaired) electrons. The van der Waals surface area contributed by atoms with Crippen molar-refractivity contribution < 1.29 is 18.7 Å². The van der Waals surface area contributed by atoms with Crippen molar-refractivity contribution in [3.05, 3.63) is 81.3 Å². The number of Topliss-reactive ketones (excluding diaryl/α,β-unsaturated/α-hetero) is 1. The van der Waals surface area contributed by atoms with Gasteiger partial charge in [0.2, 0.25) is 11.5 Å². The van der Waals surface area contributed by atoms with Gasteiger partial charge < -0.3 is 14.1 Å². The Morgan fingerprint density at radius 1 is 1.11 bits per heavy atom. The predicted molar refractivity (Wildman–Crippen MR) is 105 cm³/mol. The molecule has 0 aliphatic carbocycles. The zero-order chi connectivity index (χ0) is 19.8. The number of fused-ring (bicyclic) bond motifs is 2. The number of ether oxygens (including phenoxy) is 1. The van der Waals surface area contributed by atoms with Gasteiger partial charge in [0.25, 0.3) is 0 Å². The minimum atomic E-state index is -1.06. The summed E-state index contributed by atoms with van der Waals surface area (Å²) in [5.41, 5.74) is 1.01. The quantitative estimate of drug-likeness (QED) is 0.409. The Morgan fingerprint density at radius 2 is 1.89 bits per heavy atom. The Kier molecular flexibility index (Phi) is 4.49. The van der Waals surface area contributed by atoms with E-state index >= 15 is 0 Å². The lowest BCUT2D eigenvalue weighted by atomic mass is 10.1. The SMILES string of the molecule is C[C@H](OC(=O)c1cc(=O)c2cc(Cl)ccc2o1)C(=O)c1c[nH]c2ccccc12. The number of esters is 1. The molecule has 140 valence electrons. The van der Waals surface area contributed by atoms with E-state index in [0.717, 1.165) is 17.0 Å². The lowest BCUT2D eigenvalue weighted by Gasteiger charge is -2.11. The number of carbonyl (C=O) groups excluding carboxylic acids is 2. The van der Waals surface area contributed by atoms with Gasteiger partial charge in [-0.2, -0.15) is 0 Å². The highest BCUT2D eigenvalue weighted by Gasteiger charge is 2.24. The van der Waals surface area contributed by atoms with Gasteiger partial charge in [0.1, 0.15) is 5.58 Å². The fraction of sp³-hybridized carbons (Fsp3) is 0.0952. The van der Waals surface area contributed by atoms with Crippen LogP contribution in [0.25, 0.3) is 21.9 Å². The van der Waals surface area contributed by atoms with Gasteiger partial charge in [-0.15, -0.1) is 0 Å². The molecule has 2 aromatic carbocycles. The number of hydrogen-bond donors (Lipinski definition) is 1. The molecule has 0 unspecified atom stereocenters. The first-order valence-corrected chi connectivity index (χ1v) is 8.86. The van der Waals surface area contributed by atoms with Crippen molar-refractivity contribution in [2.75, 3.05) is 0 Å². The maximum atomic E-state index is 12.7. The predicted octanol–water partition coefficient (Wildman–Crippen LogP) is 4.36. The van der Waals surface area contributed by atoms with Crippen LogP contribution in [0.15, 0.2) is 63.9 Å². The molecule has 0 saturated heterocycles. The van der Waals surface area contributed by atoms with Crippen molar-refractivity contribution in [1.82, 2.24) is 4.98 Å².